The van der Waals surface area contributed by atoms with Crippen LogP contribution in [0.15, 0.2) is 29.5 Å². The Hall–Kier alpha value is -2.44. The minimum Gasteiger partial charge on any atom is -0.342 e. The lowest BCUT2D eigenvalue weighted by molar-refractivity contribution is -0.132. The fraction of sp³-hybridized carbons (Fsp3) is 0.500. The number of aromatic amines is 1. The minimum absolute atomic E-state index is 0.144. The van der Waals surface area contributed by atoms with Crippen molar-refractivity contribution < 1.29 is 4.79 Å². The van der Waals surface area contributed by atoms with E-state index in [0.717, 1.165) is 30.8 Å². The molecule has 0 radical (unpaired) electrons. The van der Waals surface area contributed by atoms with Gasteiger partial charge in [-0.1, -0.05) is 0 Å². The maximum absolute atomic E-state index is 12.5. The van der Waals surface area contributed by atoms with Crippen LogP contribution in [0.4, 0.5) is 0 Å². The Bertz CT molecular complexity index is 736. The summed E-state index contributed by atoms with van der Waals surface area (Å²) in [5.74, 6) is 0.299. The second kappa shape index (κ2) is 6.76. The van der Waals surface area contributed by atoms with Gasteiger partial charge in [-0.15, -0.1) is 0 Å². The summed E-state index contributed by atoms with van der Waals surface area (Å²) >= 11 is 0. The molecule has 0 bridgehead atoms. The average Bonchev–Trinajstić information content (AvgIpc) is 2.98. The van der Waals surface area contributed by atoms with Gasteiger partial charge in [0.1, 0.15) is 0 Å². The van der Waals surface area contributed by atoms with E-state index in [4.69, 9.17) is 0 Å². The summed E-state index contributed by atoms with van der Waals surface area (Å²) in [6.45, 7) is 1.42. The molecule has 7 nitrogen and oxygen atoms in total. The standard InChI is InChI=1S/C16H21N5O2/c1-20-13(6-7-19-20)4-5-16(23)21-8-2-3-12(10-21)14-9-15(22)18-11-17-14/h6-7,9,11-12H,2-5,8,10H2,1H3,(H,17,18,22). The fourth-order valence-electron chi connectivity index (χ4n) is 3.09. The van der Waals surface area contributed by atoms with E-state index in [2.05, 4.69) is 15.1 Å². The molecule has 0 aliphatic carbocycles. The Kier molecular flexibility index (Phi) is 4.55. The second-order valence-corrected chi connectivity index (χ2v) is 5.96. The molecule has 3 rings (SSSR count). The van der Waals surface area contributed by atoms with Gasteiger partial charge in [0.2, 0.25) is 5.91 Å². The van der Waals surface area contributed by atoms with Crippen molar-refractivity contribution in [2.24, 2.45) is 7.05 Å². The van der Waals surface area contributed by atoms with Crippen molar-refractivity contribution in [3.05, 3.63) is 46.4 Å². The molecule has 0 spiro atoms. The first-order valence-corrected chi connectivity index (χ1v) is 7.93. The summed E-state index contributed by atoms with van der Waals surface area (Å²) in [6.07, 6.45) is 6.25. The van der Waals surface area contributed by atoms with Crippen LogP contribution >= 0.6 is 0 Å². The highest BCUT2D eigenvalue weighted by Gasteiger charge is 2.25. The van der Waals surface area contributed by atoms with Crippen LogP contribution in [-0.4, -0.2) is 43.6 Å². The molecule has 0 aromatic carbocycles. The molecule has 3 heterocycles. The van der Waals surface area contributed by atoms with Crippen LogP contribution in [-0.2, 0) is 18.3 Å². The molecule has 2 aromatic rings. The largest absolute Gasteiger partial charge is 0.342 e. The quantitative estimate of drug-likeness (QED) is 0.906. The first kappa shape index (κ1) is 15.5. The predicted molar refractivity (Wildman–Crippen MR) is 84.9 cm³/mol. The first-order chi connectivity index (χ1) is 11.1. The maximum atomic E-state index is 12.5. The Morgan fingerprint density at radius 2 is 2.35 bits per heavy atom. The first-order valence-electron chi connectivity index (χ1n) is 7.93. The van der Waals surface area contributed by atoms with Crippen LogP contribution in [0.25, 0.3) is 0 Å². The van der Waals surface area contributed by atoms with E-state index in [0.29, 0.717) is 19.4 Å². The smallest absolute Gasteiger partial charge is 0.250 e. The molecule has 122 valence electrons. The topological polar surface area (TPSA) is 83.9 Å². The molecule has 1 aliphatic heterocycles. The maximum Gasteiger partial charge on any atom is 0.250 e. The molecule has 1 amide bonds. The number of rotatable bonds is 4. The number of aryl methyl sites for hydroxylation is 2. The number of aromatic nitrogens is 4. The number of nitrogens with zero attached hydrogens (tertiary/aromatic N) is 4. The van der Waals surface area contributed by atoms with Crippen molar-refractivity contribution in [3.8, 4) is 0 Å². The summed E-state index contributed by atoms with van der Waals surface area (Å²) < 4.78 is 1.80. The van der Waals surface area contributed by atoms with Crippen molar-refractivity contribution in [1.29, 1.82) is 0 Å². The molecule has 1 unspecified atom stereocenters. The molecular formula is C16H21N5O2. The summed E-state index contributed by atoms with van der Waals surface area (Å²) in [4.78, 5) is 32.6. The highest BCUT2D eigenvalue weighted by atomic mass is 16.2. The highest BCUT2D eigenvalue weighted by molar-refractivity contribution is 5.76. The monoisotopic (exact) mass is 315 g/mol. The van der Waals surface area contributed by atoms with Crippen molar-refractivity contribution in [2.75, 3.05) is 13.1 Å². The van der Waals surface area contributed by atoms with E-state index in [-0.39, 0.29) is 17.4 Å². The number of amides is 1. The second-order valence-electron chi connectivity index (χ2n) is 5.96. The van der Waals surface area contributed by atoms with Crippen LogP contribution < -0.4 is 5.56 Å². The summed E-state index contributed by atoms with van der Waals surface area (Å²) in [5, 5.41) is 4.12. The van der Waals surface area contributed by atoms with Gasteiger partial charge in [-0.2, -0.15) is 5.10 Å². The fourth-order valence-corrected chi connectivity index (χ4v) is 3.09. The van der Waals surface area contributed by atoms with Gasteiger partial charge in [-0.25, -0.2) is 4.98 Å². The lowest BCUT2D eigenvalue weighted by Gasteiger charge is -2.32. The highest BCUT2D eigenvalue weighted by Crippen LogP contribution is 2.25. The molecular weight excluding hydrogens is 294 g/mol. The van der Waals surface area contributed by atoms with E-state index in [1.54, 1.807) is 10.9 Å². The lowest BCUT2D eigenvalue weighted by Crippen LogP contribution is -2.39. The summed E-state index contributed by atoms with van der Waals surface area (Å²) in [6, 6.07) is 3.47. The molecule has 23 heavy (non-hydrogen) atoms. The van der Waals surface area contributed by atoms with Gasteiger partial charge < -0.3 is 9.88 Å². The zero-order chi connectivity index (χ0) is 16.2. The number of nitrogens with one attached hydrogen (secondary N) is 1. The van der Waals surface area contributed by atoms with Gasteiger partial charge in [-0.3, -0.25) is 14.3 Å². The molecule has 0 saturated carbocycles. The Morgan fingerprint density at radius 1 is 1.48 bits per heavy atom. The van der Waals surface area contributed by atoms with Gasteiger partial charge in [0, 0.05) is 50.4 Å². The lowest BCUT2D eigenvalue weighted by atomic mass is 9.94. The van der Waals surface area contributed by atoms with Crippen LogP contribution in [0.1, 0.15) is 36.6 Å². The van der Waals surface area contributed by atoms with Crippen LogP contribution in [0.3, 0.4) is 0 Å². The SMILES string of the molecule is Cn1nccc1CCC(=O)N1CCCC(c2cc(=O)[nH]cn2)C1. The molecule has 1 N–H and O–H groups in total. The minimum atomic E-state index is -0.144. The zero-order valence-corrected chi connectivity index (χ0v) is 13.2. The number of carbonyl (C=O) groups is 1. The molecule has 1 atom stereocenters. The zero-order valence-electron chi connectivity index (χ0n) is 13.2. The van der Waals surface area contributed by atoms with Crippen LogP contribution in [0.5, 0.6) is 0 Å². The van der Waals surface area contributed by atoms with Gasteiger partial charge in [0.05, 0.1) is 12.0 Å². The number of hydrogen-bond acceptors (Lipinski definition) is 4. The van der Waals surface area contributed by atoms with Gasteiger partial charge in [0.25, 0.3) is 5.56 Å². The Labute approximate surface area is 134 Å². The molecule has 1 saturated heterocycles. The molecule has 1 aliphatic rings. The third-order valence-electron chi connectivity index (χ3n) is 4.41. The average molecular weight is 315 g/mol. The normalized spacial score (nSPS) is 18.1. The van der Waals surface area contributed by atoms with Crippen LogP contribution in [0, 0.1) is 0 Å². The van der Waals surface area contributed by atoms with Crippen LogP contribution in [0.2, 0.25) is 0 Å². The number of likely N-dealkylation sites (tertiary alicyclic amines) is 1. The third kappa shape index (κ3) is 3.67. The van der Waals surface area contributed by atoms with Crippen molar-refractivity contribution in [1.82, 2.24) is 24.6 Å². The summed E-state index contributed by atoms with van der Waals surface area (Å²) in [5.41, 5.74) is 1.69. The number of piperidine rings is 1. The van der Waals surface area contributed by atoms with E-state index in [1.165, 1.54) is 12.4 Å². The summed E-state index contributed by atoms with van der Waals surface area (Å²) in [7, 11) is 1.88. The Morgan fingerprint density at radius 3 is 3.09 bits per heavy atom. The van der Waals surface area contributed by atoms with E-state index in [1.807, 2.05) is 18.0 Å². The third-order valence-corrected chi connectivity index (χ3v) is 4.41. The number of carbonyl (C=O) groups excluding carboxylic acids is 1. The van der Waals surface area contributed by atoms with E-state index in [9.17, 15) is 9.59 Å². The van der Waals surface area contributed by atoms with Gasteiger partial charge >= 0.3 is 0 Å². The van der Waals surface area contributed by atoms with Crippen molar-refractivity contribution in [2.45, 2.75) is 31.6 Å². The molecule has 1 fully saturated rings. The van der Waals surface area contributed by atoms with Crippen molar-refractivity contribution in [3.63, 3.8) is 0 Å². The van der Waals surface area contributed by atoms with E-state index >= 15 is 0 Å². The predicted octanol–water partition coefficient (Wildman–Crippen LogP) is 0.842. The number of hydrogen-bond donors (Lipinski definition) is 1. The van der Waals surface area contributed by atoms with Gasteiger partial charge in [0.15, 0.2) is 0 Å². The molecule has 7 heteroatoms. The van der Waals surface area contributed by atoms with Gasteiger partial charge in [-0.05, 0) is 25.3 Å². The van der Waals surface area contributed by atoms with E-state index < -0.39 is 0 Å². The van der Waals surface area contributed by atoms with Crippen molar-refractivity contribution >= 4 is 5.91 Å². The number of H-pyrrole nitrogens is 1. The molecule has 2 aromatic heterocycles. The Balaban J connectivity index is 1.60.